The summed E-state index contributed by atoms with van der Waals surface area (Å²) in [6.45, 7) is 1.15. The molecule has 2 heterocycles. The van der Waals surface area contributed by atoms with Crippen LogP contribution < -0.4 is 0 Å². The Morgan fingerprint density at radius 3 is 3.00 bits per heavy atom. The van der Waals surface area contributed by atoms with Crippen LogP contribution in [0.1, 0.15) is 12.8 Å². The Kier molecular flexibility index (Phi) is 4.90. The van der Waals surface area contributed by atoms with Crippen LogP contribution in [0.2, 0.25) is 5.02 Å². The van der Waals surface area contributed by atoms with E-state index < -0.39 is 0 Å². The third-order valence-electron chi connectivity index (χ3n) is 4.54. The van der Waals surface area contributed by atoms with Crippen LogP contribution in [-0.2, 0) is 16.1 Å². The molecule has 5 nitrogen and oxygen atoms in total. The van der Waals surface area contributed by atoms with E-state index in [1.807, 2.05) is 30.5 Å². The number of fused-ring (bicyclic) bond motifs is 1. The summed E-state index contributed by atoms with van der Waals surface area (Å²) in [5.41, 5.74) is 1.07. The zero-order chi connectivity index (χ0) is 16.4. The van der Waals surface area contributed by atoms with E-state index in [2.05, 4.69) is 4.57 Å². The van der Waals surface area contributed by atoms with Crippen LogP contribution in [0.25, 0.3) is 10.9 Å². The predicted molar refractivity (Wildman–Crippen MR) is 89.6 cm³/mol. The second kappa shape index (κ2) is 6.91. The number of aryl methyl sites for hydroxylation is 1. The van der Waals surface area contributed by atoms with Crippen molar-refractivity contribution in [2.75, 3.05) is 20.3 Å². The maximum Gasteiger partial charge on any atom is 0.224 e. The first-order valence-corrected chi connectivity index (χ1v) is 8.17. The monoisotopic (exact) mass is 336 g/mol. The van der Waals surface area contributed by atoms with Crippen LogP contribution in [0.3, 0.4) is 0 Å². The van der Waals surface area contributed by atoms with Gasteiger partial charge in [-0.2, -0.15) is 0 Å². The first kappa shape index (κ1) is 16.3. The minimum atomic E-state index is -0.132. The fraction of sp³-hybridized carbons (Fsp3) is 0.471. The second-order valence-corrected chi connectivity index (χ2v) is 6.37. The number of carbonyl (C=O) groups excluding carboxylic acids is 1. The molecule has 1 aliphatic rings. The lowest BCUT2D eigenvalue weighted by Crippen LogP contribution is -2.38. The maximum absolute atomic E-state index is 12.5. The summed E-state index contributed by atoms with van der Waals surface area (Å²) in [7, 11) is 1.64. The Morgan fingerprint density at radius 2 is 2.26 bits per heavy atom. The lowest BCUT2D eigenvalue weighted by molar-refractivity contribution is -0.133. The van der Waals surface area contributed by atoms with Gasteiger partial charge in [-0.3, -0.25) is 4.79 Å². The van der Waals surface area contributed by atoms with Crippen molar-refractivity contribution in [3.05, 3.63) is 35.5 Å². The van der Waals surface area contributed by atoms with Crippen LogP contribution in [-0.4, -0.2) is 52.9 Å². The van der Waals surface area contributed by atoms with Gasteiger partial charge >= 0.3 is 0 Å². The Bertz CT molecular complexity index is 700. The molecule has 1 saturated heterocycles. The number of aromatic nitrogens is 1. The molecule has 2 aromatic rings. The Labute approximate surface area is 140 Å². The van der Waals surface area contributed by atoms with E-state index in [0.717, 1.165) is 10.9 Å². The summed E-state index contributed by atoms with van der Waals surface area (Å²) in [6.07, 6.45) is 3.09. The summed E-state index contributed by atoms with van der Waals surface area (Å²) >= 11 is 6.00. The first-order chi connectivity index (χ1) is 11.1. The van der Waals surface area contributed by atoms with Crippen molar-refractivity contribution in [3.63, 3.8) is 0 Å². The largest absolute Gasteiger partial charge is 0.394 e. The normalized spacial score (nSPS) is 21.3. The lowest BCUT2D eigenvalue weighted by Gasteiger charge is -2.23. The number of aliphatic hydroxyl groups is 1. The highest BCUT2D eigenvalue weighted by Crippen LogP contribution is 2.23. The Balaban J connectivity index is 1.66. The van der Waals surface area contributed by atoms with Crippen molar-refractivity contribution in [2.45, 2.75) is 31.5 Å². The van der Waals surface area contributed by atoms with Crippen LogP contribution in [0.15, 0.2) is 30.5 Å². The number of hydrogen-bond acceptors (Lipinski definition) is 3. The average molecular weight is 337 g/mol. The number of rotatable bonds is 5. The van der Waals surface area contributed by atoms with E-state index >= 15 is 0 Å². The second-order valence-electron chi connectivity index (χ2n) is 5.94. The van der Waals surface area contributed by atoms with Crippen molar-refractivity contribution in [3.8, 4) is 0 Å². The molecule has 1 fully saturated rings. The number of nitrogens with zero attached hydrogens (tertiary/aromatic N) is 2. The number of hydrogen-bond donors (Lipinski definition) is 1. The molecule has 0 saturated carbocycles. The van der Waals surface area contributed by atoms with Gasteiger partial charge in [0.25, 0.3) is 0 Å². The fourth-order valence-electron chi connectivity index (χ4n) is 3.25. The first-order valence-electron chi connectivity index (χ1n) is 7.80. The van der Waals surface area contributed by atoms with Crippen LogP contribution in [0.4, 0.5) is 0 Å². The average Bonchev–Trinajstić information content (AvgIpc) is 3.15. The number of aliphatic hydroxyl groups excluding tert-OH is 1. The number of halogens is 1. The van der Waals surface area contributed by atoms with Gasteiger partial charge in [-0.25, -0.2) is 0 Å². The predicted octanol–water partition coefficient (Wildman–Crippen LogP) is 2.29. The van der Waals surface area contributed by atoms with Gasteiger partial charge in [0.15, 0.2) is 0 Å². The molecule has 0 spiro atoms. The summed E-state index contributed by atoms with van der Waals surface area (Å²) < 4.78 is 7.38. The zero-order valence-corrected chi connectivity index (χ0v) is 13.9. The van der Waals surface area contributed by atoms with Crippen molar-refractivity contribution < 1.29 is 14.6 Å². The van der Waals surface area contributed by atoms with Gasteiger partial charge in [0.2, 0.25) is 5.91 Å². The Morgan fingerprint density at radius 1 is 1.43 bits per heavy atom. The number of benzene rings is 1. The molecular formula is C17H21ClN2O3. The summed E-state index contributed by atoms with van der Waals surface area (Å²) in [5, 5.41) is 11.2. The molecule has 1 aromatic heterocycles. The highest BCUT2D eigenvalue weighted by atomic mass is 35.5. The van der Waals surface area contributed by atoms with Gasteiger partial charge in [0, 0.05) is 48.7 Å². The molecule has 1 N–H and O–H groups in total. The van der Waals surface area contributed by atoms with E-state index in [-0.39, 0.29) is 24.7 Å². The Hall–Kier alpha value is -1.56. The number of carbonyl (C=O) groups is 1. The summed E-state index contributed by atoms with van der Waals surface area (Å²) in [6, 6.07) is 7.61. The molecule has 1 aromatic carbocycles. The molecule has 0 radical (unpaired) electrons. The smallest absolute Gasteiger partial charge is 0.224 e. The maximum atomic E-state index is 12.5. The summed E-state index contributed by atoms with van der Waals surface area (Å²) in [4.78, 5) is 14.2. The number of amides is 1. The molecule has 0 unspecified atom stereocenters. The van der Waals surface area contributed by atoms with Crippen LogP contribution in [0, 0.1) is 0 Å². The van der Waals surface area contributed by atoms with Gasteiger partial charge in [0.1, 0.15) is 0 Å². The fourth-order valence-corrected chi connectivity index (χ4v) is 3.43. The molecule has 124 valence electrons. The third kappa shape index (κ3) is 3.37. The minimum Gasteiger partial charge on any atom is -0.394 e. The van der Waals surface area contributed by atoms with Gasteiger partial charge in [-0.05, 0) is 30.7 Å². The highest BCUT2D eigenvalue weighted by molar-refractivity contribution is 6.31. The zero-order valence-electron chi connectivity index (χ0n) is 13.1. The highest BCUT2D eigenvalue weighted by Gasteiger charge is 2.34. The SMILES string of the molecule is CO[C@@H]1C[C@@H](CO)N(C(=O)CCn2ccc3cc(Cl)ccc32)C1. The van der Waals surface area contributed by atoms with Crippen LogP contribution >= 0.6 is 11.6 Å². The quantitative estimate of drug-likeness (QED) is 0.911. The van der Waals surface area contributed by atoms with Gasteiger partial charge < -0.3 is 19.3 Å². The molecule has 0 aliphatic carbocycles. The molecule has 1 amide bonds. The van der Waals surface area contributed by atoms with Gasteiger partial charge in [-0.1, -0.05) is 11.6 Å². The topological polar surface area (TPSA) is 54.7 Å². The van der Waals surface area contributed by atoms with Gasteiger partial charge in [0.05, 0.1) is 18.8 Å². The molecule has 1 aliphatic heterocycles. The number of likely N-dealkylation sites (tertiary alicyclic amines) is 1. The van der Waals surface area contributed by atoms with Crippen molar-refractivity contribution >= 4 is 28.4 Å². The standard InChI is InChI=1S/C17H21ClN2O3/c1-23-15-9-14(11-21)20(10-15)17(22)5-7-19-6-4-12-8-13(18)2-3-16(12)19/h2-4,6,8,14-15,21H,5,7,9-11H2,1H3/t14-,15+/m0/s1. The molecule has 23 heavy (non-hydrogen) atoms. The molecule has 2 atom stereocenters. The van der Waals surface area contributed by atoms with Gasteiger partial charge in [-0.15, -0.1) is 0 Å². The number of methoxy groups -OCH3 is 1. The number of ether oxygens (including phenoxy) is 1. The van der Waals surface area contributed by atoms with E-state index in [4.69, 9.17) is 16.3 Å². The minimum absolute atomic E-state index is 0.0173. The third-order valence-corrected chi connectivity index (χ3v) is 4.78. The van der Waals surface area contributed by atoms with Crippen molar-refractivity contribution in [1.29, 1.82) is 0 Å². The molecule has 6 heteroatoms. The van der Waals surface area contributed by atoms with Crippen molar-refractivity contribution in [2.24, 2.45) is 0 Å². The van der Waals surface area contributed by atoms with E-state index in [0.29, 0.717) is 31.0 Å². The van der Waals surface area contributed by atoms with E-state index in [1.165, 1.54) is 0 Å². The van der Waals surface area contributed by atoms with E-state index in [9.17, 15) is 9.90 Å². The van der Waals surface area contributed by atoms with Crippen molar-refractivity contribution in [1.82, 2.24) is 9.47 Å². The molecular weight excluding hydrogens is 316 g/mol. The van der Waals surface area contributed by atoms with Crippen LogP contribution in [0.5, 0.6) is 0 Å². The molecule has 0 bridgehead atoms. The molecule has 3 rings (SSSR count). The lowest BCUT2D eigenvalue weighted by atomic mass is 10.2. The summed E-state index contributed by atoms with van der Waals surface area (Å²) in [5.74, 6) is 0.0550. The van der Waals surface area contributed by atoms with E-state index in [1.54, 1.807) is 12.0 Å².